The number of alkyl carbamates (subject to hydrolysis) is 1. The van der Waals surface area contributed by atoms with Gasteiger partial charge < -0.3 is 15.4 Å². The lowest BCUT2D eigenvalue weighted by Crippen LogP contribution is -2.22. The van der Waals surface area contributed by atoms with Crippen LogP contribution in [0.5, 0.6) is 0 Å². The molecule has 1 heterocycles. The quantitative estimate of drug-likeness (QED) is 0.897. The Balaban J connectivity index is 1.94. The van der Waals surface area contributed by atoms with E-state index in [1.165, 1.54) is 7.11 Å². The number of rotatable bonds is 4. The number of nitrogens with one attached hydrogen (secondary N) is 2. The number of carbonyl (C=O) groups excluding carboxylic acids is 1. The third kappa shape index (κ3) is 4.20. The van der Waals surface area contributed by atoms with Crippen molar-refractivity contribution >= 4 is 33.7 Å². The van der Waals surface area contributed by atoms with Crippen LogP contribution in [-0.4, -0.2) is 23.2 Å². The molecule has 0 fully saturated rings. The van der Waals surface area contributed by atoms with Crippen LogP contribution in [0.2, 0.25) is 0 Å². The van der Waals surface area contributed by atoms with Crippen molar-refractivity contribution in [1.29, 1.82) is 0 Å². The third-order valence-electron chi connectivity index (χ3n) is 2.45. The number of amides is 1. The SMILES string of the molecule is COC(=O)NCc1ccc(Nc2ncc(Br)cn2)cc1. The minimum absolute atomic E-state index is 0.418. The van der Waals surface area contributed by atoms with E-state index in [0.717, 1.165) is 15.7 Å². The number of anilines is 2. The van der Waals surface area contributed by atoms with Crippen molar-refractivity contribution in [2.24, 2.45) is 0 Å². The summed E-state index contributed by atoms with van der Waals surface area (Å²) in [6.45, 7) is 0.418. The molecule has 1 aromatic carbocycles. The molecule has 20 heavy (non-hydrogen) atoms. The molecule has 1 amide bonds. The molecule has 2 N–H and O–H groups in total. The Labute approximate surface area is 124 Å². The Kier molecular flexibility index (Phi) is 4.89. The van der Waals surface area contributed by atoms with Crippen LogP contribution in [0, 0.1) is 0 Å². The molecular weight excluding hydrogens is 324 g/mol. The highest BCUT2D eigenvalue weighted by atomic mass is 79.9. The summed E-state index contributed by atoms with van der Waals surface area (Å²) < 4.78 is 5.33. The highest BCUT2D eigenvalue weighted by molar-refractivity contribution is 9.10. The van der Waals surface area contributed by atoms with E-state index in [4.69, 9.17) is 0 Å². The molecule has 0 aliphatic rings. The van der Waals surface area contributed by atoms with Gasteiger partial charge in [0.15, 0.2) is 0 Å². The first kappa shape index (κ1) is 14.3. The van der Waals surface area contributed by atoms with Crippen LogP contribution in [-0.2, 0) is 11.3 Å². The molecule has 0 saturated carbocycles. The molecule has 0 atom stereocenters. The van der Waals surface area contributed by atoms with Crippen LogP contribution in [0.1, 0.15) is 5.56 Å². The van der Waals surface area contributed by atoms with Crippen LogP contribution in [0.25, 0.3) is 0 Å². The lowest BCUT2D eigenvalue weighted by molar-refractivity contribution is 0.170. The van der Waals surface area contributed by atoms with E-state index in [9.17, 15) is 4.79 Å². The van der Waals surface area contributed by atoms with Crippen molar-refractivity contribution < 1.29 is 9.53 Å². The highest BCUT2D eigenvalue weighted by Crippen LogP contribution is 2.14. The van der Waals surface area contributed by atoms with Crippen molar-refractivity contribution in [3.8, 4) is 0 Å². The van der Waals surface area contributed by atoms with Crippen LogP contribution < -0.4 is 10.6 Å². The predicted octanol–water partition coefficient (Wildman–Crippen LogP) is 2.84. The largest absolute Gasteiger partial charge is 0.453 e. The van der Waals surface area contributed by atoms with Crippen molar-refractivity contribution in [3.05, 3.63) is 46.7 Å². The number of carbonyl (C=O) groups is 1. The van der Waals surface area contributed by atoms with Gasteiger partial charge in [-0.2, -0.15) is 0 Å². The normalized spacial score (nSPS) is 9.90. The van der Waals surface area contributed by atoms with Gasteiger partial charge in [0.05, 0.1) is 11.6 Å². The van der Waals surface area contributed by atoms with Gasteiger partial charge in [-0.3, -0.25) is 0 Å². The first-order valence-electron chi connectivity index (χ1n) is 5.82. The van der Waals surface area contributed by atoms with E-state index in [1.54, 1.807) is 12.4 Å². The zero-order valence-electron chi connectivity index (χ0n) is 10.8. The zero-order valence-corrected chi connectivity index (χ0v) is 12.3. The Morgan fingerprint density at radius 1 is 1.25 bits per heavy atom. The number of hydrogen-bond acceptors (Lipinski definition) is 5. The van der Waals surface area contributed by atoms with Crippen molar-refractivity contribution in [2.45, 2.75) is 6.54 Å². The summed E-state index contributed by atoms with van der Waals surface area (Å²) >= 11 is 3.28. The average molecular weight is 337 g/mol. The number of methoxy groups -OCH3 is 1. The average Bonchev–Trinajstić information content (AvgIpc) is 2.48. The molecule has 0 unspecified atom stereocenters. The van der Waals surface area contributed by atoms with E-state index in [-0.39, 0.29) is 0 Å². The second-order valence-corrected chi connectivity index (χ2v) is 4.81. The van der Waals surface area contributed by atoms with E-state index >= 15 is 0 Å². The van der Waals surface area contributed by atoms with Gasteiger partial charge in [0, 0.05) is 24.6 Å². The zero-order chi connectivity index (χ0) is 14.4. The second kappa shape index (κ2) is 6.85. The molecular formula is C13H13BrN4O2. The van der Waals surface area contributed by atoms with E-state index in [0.29, 0.717) is 12.5 Å². The van der Waals surface area contributed by atoms with E-state index in [2.05, 4.69) is 41.3 Å². The summed E-state index contributed by atoms with van der Waals surface area (Å²) in [7, 11) is 1.33. The summed E-state index contributed by atoms with van der Waals surface area (Å²) in [4.78, 5) is 19.2. The van der Waals surface area contributed by atoms with Gasteiger partial charge in [0.25, 0.3) is 0 Å². The Bertz CT molecular complexity index is 572. The molecule has 2 aromatic rings. The number of halogens is 1. The van der Waals surface area contributed by atoms with Gasteiger partial charge in [-0.25, -0.2) is 14.8 Å². The van der Waals surface area contributed by atoms with Crippen LogP contribution in [0.4, 0.5) is 16.4 Å². The van der Waals surface area contributed by atoms with E-state index < -0.39 is 6.09 Å². The maximum absolute atomic E-state index is 11.0. The number of hydrogen-bond donors (Lipinski definition) is 2. The molecule has 0 radical (unpaired) electrons. The number of aromatic nitrogens is 2. The molecule has 1 aromatic heterocycles. The fourth-order valence-corrected chi connectivity index (χ4v) is 1.66. The molecule has 2 rings (SSSR count). The van der Waals surface area contributed by atoms with E-state index in [1.807, 2.05) is 24.3 Å². The second-order valence-electron chi connectivity index (χ2n) is 3.89. The molecule has 0 aliphatic heterocycles. The van der Waals surface area contributed by atoms with Crippen LogP contribution >= 0.6 is 15.9 Å². The molecule has 0 bridgehead atoms. The first-order valence-corrected chi connectivity index (χ1v) is 6.62. The summed E-state index contributed by atoms with van der Waals surface area (Å²) in [5, 5.41) is 5.69. The van der Waals surface area contributed by atoms with Gasteiger partial charge >= 0.3 is 6.09 Å². The number of nitrogens with zero attached hydrogens (tertiary/aromatic N) is 2. The van der Waals surface area contributed by atoms with Crippen molar-refractivity contribution in [1.82, 2.24) is 15.3 Å². The molecule has 104 valence electrons. The lowest BCUT2D eigenvalue weighted by Gasteiger charge is -2.07. The topological polar surface area (TPSA) is 76.1 Å². The fraction of sp³-hybridized carbons (Fsp3) is 0.154. The van der Waals surface area contributed by atoms with Crippen LogP contribution in [0.3, 0.4) is 0 Å². The summed E-state index contributed by atoms with van der Waals surface area (Å²) in [5.74, 6) is 0.522. The Morgan fingerprint density at radius 2 is 1.90 bits per heavy atom. The molecule has 0 aliphatic carbocycles. The highest BCUT2D eigenvalue weighted by Gasteiger charge is 2.00. The summed E-state index contributed by atoms with van der Waals surface area (Å²) in [5.41, 5.74) is 1.84. The predicted molar refractivity (Wildman–Crippen MR) is 78.7 cm³/mol. The van der Waals surface area contributed by atoms with Crippen LogP contribution in [0.15, 0.2) is 41.1 Å². The van der Waals surface area contributed by atoms with Crippen molar-refractivity contribution in [2.75, 3.05) is 12.4 Å². The van der Waals surface area contributed by atoms with Crippen molar-refractivity contribution in [3.63, 3.8) is 0 Å². The lowest BCUT2D eigenvalue weighted by atomic mass is 10.2. The monoisotopic (exact) mass is 336 g/mol. The summed E-state index contributed by atoms with van der Waals surface area (Å²) in [6.07, 6.45) is 2.89. The minimum atomic E-state index is -0.449. The Morgan fingerprint density at radius 3 is 2.50 bits per heavy atom. The van der Waals surface area contributed by atoms with Gasteiger partial charge in [0.1, 0.15) is 0 Å². The van der Waals surface area contributed by atoms with Gasteiger partial charge in [-0.05, 0) is 33.6 Å². The number of ether oxygens (including phenoxy) is 1. The molecule has 6 nitrogen and oxygen atoms in total. The van der Waals surface area contributed by atoms with Gasteiger partial charge in [0.2, 0.25) is 5.95 Å². The fourth-order valence-electron chi connectivity index (χ4n) is 1.46. The number of benzene rings is 1. The van der Waals surface area contributed by atoms with Gasteiger partial charge in [-0.15, -0.1) is 0 Å². The Hall–Kier alpha value is -2.15. The molecule has 0 saturated heterocycles. The molecule has 7 heteroatoms. The standard InChI is InChI=1S/C13H13BrN4O2/c1-20-13(19)17-6-9-2-4-11(5-3-9)18-12-15-7-10(14)8-16-12/h2-5,7-8H,6H2,1H3,(H,17,19)(H,15,16,18). The maximum Gasteiger partial charge on any atom is 0.407 e. The maximum atomic E-state index is 11.0. The first-order chi connectivity index (χ1) is 9.67. The third-order valence-corrected chi connectivity index (χ3v) is 2.86. The smallest absolute Gasteiger partial charge is 0.407 e. The molecule has 0 spiro atoms. The van der Waals surface area contributed by atoms with Gasteiger partial charge in [-0.1, -0.05) is 12.1 Å². The minimum Gasteiger partial charge on any atom is -0.453 e. The summed E-state index contributed by atoms with van der Waals surface area (Å²) in [6, 6.07) is 7.58.